The molecule has 2 atom stereocenters. The Kier molecular flexibility index (Phi) is 4.65. The predicted molar refractivity (Wildman–Crippen MR) is 76.3 cm³/mol. The van der Waals surface area contributed by atoms with E-state index in [0.717, 1.165) is 18.8 Å². The molecule has 2 nitrogen and oxygen atoms in total. The molecule has 1 aliphatic rings. The number of hydrogen-bond donors (Lipinski definition) is 1. The van der Waals surface area contributed by atoms with Crippen LogP contribution in [0.3, 0.4) is 0 Å². The molecule has 1 N–H and O–H groups in total. The number of hydrogen-bond acceptors (Lipinski definition) is 2. The molecule has 0 bridgehead atoms. The van der Waals surface area contributed by atoms with Crippen LogP contribution in [0.2, 0.25) is 0 Å². The second kappa shape index (κ2) is 6.24. The Morgan fingerprint density at radius 1 is 1.17 bits per heavy atom. The van der Waals surface area contributed by atoms with Gasteiger partial charge >= 0.3 is 0 Å². The molecule has 0 saturated carbocycles. The van der Waals surface area contributed by atoms with Crippen molar-refractivity contribution >= 4 is 0 Å². The third-order valence-corrected chi connectivity index (χ3v) is 3.67. The van der Waals surface area contributed by atoms with E-state index in [0.29, 0.717) is 18.0 Å². The van der Waals surface area contributed by atoms with E-state index >= 15 is 0 Å². The molecule has 0 radical (unpaired) electrons. The van der Waals surface area contributed by atoms with Gasteiger partial charge in [0.2, 0.25) is 0 Å². The molecule has 1 saturated heterocycles. The fourth-order valence-electron chi connectivity index (χ4n) is 2.99. The highest BCUT2D eigenvalue weighted by Crippen LogP contribution is 2.35. The van der Waals surface area contributed by atoms with Gasteiger partial charge in [0.1, 0.15) is 5.75 Å². The molecule has 0 aliphatic carbocycles. The minimum Gasteiger partial charge on any atom is -0.493 e. The molecule has 2 rings (SSSR count). The topological polar surface area (TPSA) is 21.3 Å². The van der Waals surface area contributed by atoms with Crippen LogP contribution in [0.15, 0.2) is 24.3 Å². The minimum atomic E-state index is 0.595. The zero-order chi connectivity index (χ0) is 13.0. The molecule has 100 valence electrons. The van der Waals surface area contributed by atoms with Gasteiger partial charge in [0.25, 0.3) is 0 Å². The average molecular weight is 247 g/mol. The highest BCUT2D eigenvalue weighted by Gasteiger charge is 2.26. The molecule has 0 amide bonds. The first kappa shape index (κ1) is 13.4. The van der Waals surface area contributed by atoms with Gasteiger partial charge in [-0.2, -0.15) is 0 Å². The van der Waals surface area contributed by atoms with Gasteiger partial charge < -0.3 is 10.1 Å². The van der Waals surface area contributed by atoms with Crippen LogP contribution in [0, 0.1) is 0 Å². The molecule has 2 unspecified atom stereocenters. The molecule has 1 heterocycles. The number of para-hydroxylation sites is 1. The van der Waals surface area contributed by atoms with E-state index in [1.807, 2.05) is 0 Å². The van der Waals surface area contributed by atoms with Crippen molar-refractivity contribution < 1.29 is 4.74 Å². The molecule has 1 aromatic carbocycles. The van der Waals surface area contributed by atoms with Crippen molar-refractivity contribution in [2.24, 2.45) is 0 Å². The Bertz CT molecular complexity index is 367. The van der Waals surface area contributed by atoms with Crippen LogP contribution in [-0.4, -0.2) is 18.7 Å². The molecule has 1 aromatic rings. The summed E-state index contributed by atoms with van der Waals surface area (Å²) < 4.78 is 5.89. The molecule has 2 heteroatoms. The van der Waals surface area contributed by atoms with Crippen LogP contribution in [0.1, 0.15) is 51.5 Å². The summed E-state index contributed by atoms with van der Waals surface area (Å²) in [6.07, 6.45) is 3.47. The summed E-state index contributed by atoms with van der Waals surface area (Å²) >= 11 is 0. The average Bonchev–Trinajstić information content (AvgIpc) is 2.35. The second-order valence-corrected chi connectivity index (χ2v) is 5.52. The summed E-state index contributed by atoms with van der Waals surface area (Å²) in [7, 11) is 0. The van der Waals surface area contributed by atoms with E-state index in [4.69, 9.17) is 4.74 Å². The van der Waals surface area contributed by atoms with Crippen LogP contribution >= 0.6 is 0 Å². The lowest BCUT2D eigenvalue weighted by Gasteiger charge is -2.33. The van der Waals surface area contributed by atoms with Crippen LogP contribution in [-0.2, 0) is 0 Å². The zero-order valence-electron chi connectivity index (χ0n) is 11.8. The normalized spacial score (nSPS) is 28.1. The van der Waals surface area contributed by atoms with E-state index in [-0.39, 0.29) is 0 Å². The maximum absolute atomic E-state index is 5.89. The van der Waals surface area contributed by atoms with Crippen LogP contribution in [0.5, 0.6) is 5.75 Å². The fraction of sp³-hybridized carbons (Fsp3) is 0.625. The van der Waals surface area contributed by atoms with E-state index in [1.54, 1.807) is 0 Å². The molecule has 0 spiro atoms. The summed E-state index contributed by atoms with van der Waals surface area (Å²) in [6.45, 7) is 7.51. The van der Waals surface area contributed by atoms with Gasteiger partial charge in [-0.25, -0.2) is 0 Å². The van der Waals surface area contributed by atoms with Gasteiger partial charge in [-0.15, -0.1) is 0 Å². The molecule has 1 aliphatic heterocycles. The van der Waals surface area contributed by atoms with Crippen molar-refractivity contribution in [2.75, 3.05) is 6.61 Å². The maximum Gasteiger partial charge on any atom is 0.122 e. The van der Waals surface area contributed by atoms with Crippen molar-refractivity contribution in [1.29, 1.82) is 0 Å². The van der Waals surface area contributed by atoms with E-state index in [2.05, 4.69) is 50.4 Å². The summed E-state index contributed by atoms with van der Waals surface area (Å²) in [6, 6.07) is 9.74. The lowest BCUT2D eigenvalue weighted by Crippen LogP contribution is -2.41. The lowest BCUT2D eigenvalue weighted by atomic mass is 9.83. The van der Waals surface area contributed by atoms with Crippen LogP contribution in [0.4, 0.5) is 0 Å². The van der Waals surface area contributed by atoms with Crippen molar-refractivity contribution in [2.45, 2.75) is 58.0 Å². The Morgan fingerprint density at radius 3 is 2.50 bits per heavy atom. The van der Waals surface area contributed by atoms with E-state index in [1.165, 1.54) is 18.4 Å². The quantitative estimate of drug-likeness (QED) is 0.875. The standard InChI is InChI=1S/C16H25NO/c1-4-9-18-16-8-6-5-7-15(16)14-10-12(2)17-13(3)11-14/h5-8,12-14,17H,4,9-11H2,1-3H3. The molecule has 18 heavy (non-hydrogen) atoms. The van der Waals surface area contributed by atoms with Crippen molar-refractivity contribution in [3.63, 3.8) is 0 Å². The minimum absolute atomic E-state index is 0.595. The zero-order valence-corrected chi connectivity index (χ0v) is 11.8. The largest absolute Gasteiger partial charge is 0.493 e. The number of ether oxygens (including phenoxy) is 1. The lowest BCUT2D eigenvalue weighted by molar-refractivity contribution is 0.290. The van der Waals surface area contributed by atoms with Crippen LogP contribution in [0.25, 0.3) is 0 Å². The highest BCUT2D eigenvalue weighted by atomic mass is 16.5. The van der Waals surface area contributed by atoms with E-state index in [9.17, 15) is 0 Å². The van der Waals surface area contributed by atoms with Gasteiger partial charge in [0.05, 0.1) is 6.61 Å². The van der Waals surface area contributed by atoms with E-state index < -0.39 is 0 Å². The SMILES string of the molecule is CCCOc1ccccc1C1CC(C)NC(C)C1. The monoisotopic (exact) mass is 247 g/mol. The van der Waals surface area contributed by atoms with Gasteiger partial charge in [0.15, 0.2) is 0 Å². The maximum atomic E-state index is 5.89. The van der Waals surface area contributed by atoms with Crippen molar-refractivity contribution in [1.82, 2.24) is 5.32 Å². The smallest absolute Gasteiger partial charge is 0.122 e. The summed E-state index contributed by atoms with van der Waals surface area (Å²) in [5.41, 5.74) is 1.39. The third kappa shape index (κ3) is 3.26. The van der Waals surface area contributed by atoms with Crippen molar-refractivity contribution in [3.05, 3.63) is 29.8 Å². The number of benzene rings is 1. The first-order valence-electron chi connectivity index (χ1n) is 7.18. The number of rotatable bonds is 4. The number of nitrogens with one attached hydrogen (secondary N) is 1. The van der Waals surface area contributed by atoms with Gasteiger partial charge in [-0.1, -0.05) is 25.1 Å². The Labute approximate surface area is 111 Å². The summed E-state index contributed by atoms with van der Waals surface area (Å²) in [5, 5.41) is 3.60. The molecule has 0 aromatic heterocycles. The van der Waals surface area contributed by atoms with Gasteiger partial charge in [-0.05, 0) is 50.7 Å². The predicted octanol–water partition coefficient (Wildman–Crippen LogP) is 3.72. The van der Waals surface area contributed by atoms with Gasteiger partial charge in [-0.3, -0.25) is 0 Å². The molecular weight excluding hydrogens is 222 g/mol. The Hall–Kier alpha value is -1.02. The highest BCUT2D eigenvalue weighted by molar-refractivity contribution is 5.36. The third-order valence-electron chi connectivity index (χ3n) is 3.67. The summed E-state index contributed by atoms with van der Waals surface area (Å²) in [4.78, 5) is 0. The van der Waals surface area contributed by atoms with Crippen LogP contribution < -0.4 is 10.1 Å². The summed E-state index contributed by atoms with van der Waals surface area (Å²) in [5.74, 6) is 1.72. The van der Waals surface area contributed by atoms with Crippen molar-refractivity contribution in [3.8, 4) is 5.75 Å². The number of piperidine rings is 1. The Morgan fingerprint density at radius 2 is 1.83 bits per heavy atom. The fourth-order valence-corrected chi connectivity index (χ4v) is 2.99. The first-order chi connectivity index (χ1) is 8.70. The molecular formula is C16H25NO. The Balaban J connectivity index is 2.15. The van der Waals surface area contributed by atoms with Gasteiger partial charge in [0, 0.05) is 12.1 Å². The second-order valence-electron chi connectivity index (χ2n) is 5.52. The first-order valence-corrected chi connectivity index (χ1v) is 7.18. The molecule has 1 fully saturated rings.